The molecule has 2 fully saturated rings. The van der Waals surface area contributed by atoms with E-state index in [0.717, 1.165) is 29.5 Å². The number of amides is 1. The minimum atomic E-state index is -4.34. The zero-order valence-electron chi connectivity index (χ0n) is 20.3. The van der Waals surface area contributed by atoms with Gasteiger partial charge in [0.15, 0.2) is 0 Å². The van der Waals surface area contributed by atoms with Gasteiger partial charge in [-0.25, -0.2) is 0 Å². The van der Waals surface area contributed by atoms with Crippen LogP contribution in [-0.2, 0) is 5.54 Å². The van der Waals surface area contributed by atoms with Crippen LogP contribution in [0.1, 0.15) is 40.7 Å². The van der Waals surface area contributed by atoms with Crippen LogP contribution >= 0.6 is 0 Å². The molecule has 0 radical (unpaired) electrons. The molecule has 1 saturated heterocycles. The van der Waals surface area contributed by atoms with Gasteiger partial charge in [-0.1, -0.05) is 12.1 Å². The third kappa shape index (κ3) is 5.11. The van der Waals surface area contributed by atoms with Crippen molar-refractivity contribution in [2.24, 2.45) is 0 Å². The number of aromatic nitrogens is 1. The molecule has 1 aromatic heterocycles. The Hall–Kier alpha value is -3.33. The second-order valence-electron chi connectivity index (χ2n) is 9.81. The maximum absolute atomic E-state index is 13.4. The van der Waals surface area contributed by atoms with Gasteiger partial charge in [0.25, 0.3) is 5.91 Å². The number of aryl methyl sites for hydroxylation is 1. The summed E-state index contributed by atoms with van der Waals surface area (Å²) in [7, 11) is 2.06. The first kappa shape index (κ1) is 24.4. The molecule has 2 aromatic carbocycles. The first-order valence-electron chi connectivity index (χ1n) is 12.1. The van der Waals surface area contributed by atoms with Crippen molar-refractivity contribution in [3.8, 4) is 5.75 Å². The van der Waals surface area contributed by atoms with Gasteiger partial charge in [-0.05, 0) is 81.2 Å². The molecule has 3 aromatic rings. The number of fused-ring (bicyclic) bond motifs is 1. The first-order chi connectivity index (χ1) is 17.1. The fourth-order valence-electron chi connectivity index (χ4n) is 4.66. The van der Waals surface area contributed by atoms with Crippen molar-refractivity contribution in [1.82, 2.24) is 15.2 Å². The SMILES string of the molecule is Cc1ccc(OC[C@@H]2CCN2C)cc1C(=O)NC1(c2cc(NCC(F)(F)F)cc3ncccc23)CC1. The van der Waals surface area contributed by atoms with E-state index in [2.05, 4.69) is 27.6 Å². The minimum Gasteiger partial charge on any atom is -0.492 e. The quantitative estimate of drug-likeness (QED) is 0.457. The van der Waals surface area contributed by atoms with E-state index in [1.807, 2.05) is 25.1 Å². The Labute approximate surface area is 207 Å². The molecule has 190 valence electrons. The number of ether oxygens (including phenoxy) is 1. The normalized spacial score (nSPS) is 19.0. The number of likely N-dealkylation sites (tertiary alicyclic amines) is 1. The van der Waals surface area contributed by atoms with Gasteiger partial charge in [0.2, 0.25) is 0 Å². The Kier molecular flexibility index (Phi) is 6.28. The molecule has 1 aliphatic heterocycles. The van der Waals surface area contributed by atoms with Gasteiger partial charge in [0.1, 0.15) is 18.9 Å². The number of hydrogen-bond donors (Lipinski definition) is 2. The van der Waals surface area contributed by atoms with E-state index in [4.69, 9.17) is 4.74 Å². The molecule has 0 unspecified atom stereocenters. The number of nitrogens with one attached hydrogen (secondary N) is 2. The predicted molar refractivity (Wildman–Crippen MR) is 132 cm³/mol. The molecule has 1 aliphatic carbocycles. The van der Waals surface area contributed by atoms with Crippen LogP contribution in [0.4, 0.5) is 18.9 Å². The van der Waals surface area contributed by atoms with E-state index in [9.17, 15) is 18.0 Å². The number of hydrogen-bond acceptors (Lipinski definition) is 5. The van der Waals surface area contributed by atoms with Crippen LogP contribution in [0.5, 0.6) is 5.75 Å². The number of carbonyl (C=O) groups excluding carboxylic acids is 1. The lowest BCUT2D eigenvalue weighted by Crippen LogP contribution is -2.48. The maximum Gasteiger partial charge on any atom is 0.405 e. The molecule has 6 nitrogen and oxygen atoms in total. The molecule has 5 rings (SSSR count). The van der Waals surface area contributed by atoms with Gasteiger partial charge in [-0.2, -0.15) is 13.2 Å². The van der Waals surface area contributed by atoms with Crippen LogP contribution < -0.4 is 15.4 Å². The van der Waals surface area contributed by atoms with Crippen molar-refractivity contribution < 1.29 is 22.7 Å². The molecule has 9 heteroatoms. The van der Waals surface area contributed by atoms with E-state index < -0.39 is 18.3 Å². The molecule has 2 heterocycles. The number of nitrogens with zero attached hydrogens (tertiary/aromatic N) is 2. The smallest absolute Gasteiger partial charge is 0.405 e. The number of anilines is 1. The fourth-order valence-corrected chi connectivity index (χ4v) is 4.66. The van der Waals surface area contributed by atoms with Crippen LogP contribution in [0, 0.1) is 6.92 Å². The number of benzene rings is 2. The van der Waals surface area contributed by atoms with Crippen molar-refractivity contribution in [3.63, 3.8) is 0 Å². The zero-order chi connectivity index (χ0) is 25.5. The van der Waals surface area contributed by atoms with Crippen LogP contribution in [0.2, 0.25) is 0 Å². The topological polar surface area (TPSA) is 66.5 Å². The summed E-state index contributed by atoms with van der Waals surface area (Å²) in [6, 6.07) is 12.9. The summed E-state index contributed by atoms with van der Waals surface area (Å²) in [5.74, 6) is 0.408. The second-order valence-corrected chi connectivity index (χ2v) is 9.81. The summed E-state index contributed by atoms with van der Waals surface area (Å²) in [5, 5.41) is 6.44. The van der Waals surface area contributed by atoms with E-state index in [-0.39, 0.29) is 5.91 Å². The highest BCUT2D eigenvalue weighted by atomic mass is 19.4. The average Bonchev–Trinajstić information content (AvgIpc) is 3.62. The van der Waals surface area contributed by atoms with Gasteiger partial charge >= 0.3 is 6.18 Å². The highest BCUT2D eigenvalue weighted by molar-refractivity contribution is 5.97. The molecule has 2 aliphatic rings. The molecule has 0 bridgehead atoms. The van der Waals surface area contributed by atoms with Gasteiger partial charge in [0.05, 0.1) is 11.1 Å². The number of likely N-dealkylation sites (N-methyl/N-ethyl adjacent to an activating group) is 1. The summed E-state index contributed by atoms with van der Waals surface area (Å²) in [6.45, 7) is 2.36. The molecule has 1 saturated carbocycles. The molecule has 36 heavy (non-hydrogen) atoms. The van der Waals surface area contributed by atoms with Crippen molar-refractivity contribution in [2.45, 2.75) is 43.9 Å². The standard InChI is InChI=1S/C27H29F3N4O2/c1-17-5-6-20(36-15-19-7-11-34(19)2)14-22(17)25(35)33-26(8-9-26)23-12-18(32-16-27(28,29)30)13-24-21(23)4-3-10-31-24/h3-6,10,12-14,19,32H,7-9,11,15-16H2,1-2H3,(H,33,35)/t19-/m0/s1. The van der Waals surface area contributed by atoms with Crippen molar-refractivity contribution in [2.75, 3.05) is 32.1 Å². The van der Waals surface area contributed by atoms with Crippen molar-refractivity contribution in [3.05, 3.63) is 65.4 Å². The predicted octanol–water partition coefficient (Wildman–Crippen LogP) is 5.02. The largest absolute Gasteiger partial charge is 0.492 e. The third-order valence-corrected chi connectivity index (χ3v) is 7.17. The minimum absolute atomic E-state index is 0.234. The molecule has 2 N–H and O–H groups in total. The Bertz CT molecular complexity index is 1290. The molecule has 1 atom stereocenters. The van der Waals surface area contributed by atoms with E-state index in [1.54, 1.807) is 30.5 Å². The molecule has 0 spiro atoms. The molecular weight excluding hydrogens is 469 g/mol. The molecule has 1 amide bonds. The highest BCUT2D eigenvalue weighted by Crippen LogP contribution is 2.49. The van der Waals surface area contributed by atoms with Gasteiger partial charge in [0, 0.05) is 28.9 Å². The third-order valence-electron chi connectivity index (χ3n) is 7.17. The van der Waals surface area contributed by atoms with Gasteiger partial charge in [-0.3, -0.25) is 14.7 Å². The van der Waals surface area contributed by atoms with Crippen LogP contribution in [0.3, 0.4) is 0 Å². The Morgan fingerprint density at radius 2 is 2.03 bits per heavy atom. The fraction of sp³-hybridized carbons (Fsp3) is 0.407. The second kappa shape index (κ2) is 9.28. The number of halogens is 3. The Morgan fingerprint density at radius 1 is 1.22 bits per heavy atom. The van der Waals surface area contributed by atoms with Gasteiger partial charge < -0.3 is 15.4 Å². The number of pyridine rings is 1. The summed E-state index contributed by atoms with van der Waals surface area (Å²) in [5.41, 5.74) is 2.35. The summed E-state index contributed by atoms with van der Waals surface area (Å²) in [4.78, 5) is 20.0. The van der Waals surface area contributed by atoms with E-state index in [0.29, 0.717) is 48.0 Å². The Balaban J connectivity index is 1.39. The Morgan fingerprint density at radius 3 is 2.69 bits per heavy atom. The monoisotopic (exact) mass is 498 g/mol. The maximum atomic E-state index is 13.4. The van der Waals surface area contributed by atoms with Crippen LogP contribution in [-0.4, -0.2) is 54.8 Å². The number of alkyl halides is 3. The number of rotatable bonds is 8. The zero-order valence-corrected chi connectivity index (χ0v) is 20.3. The lowest BCUT2D eigenvalue weighted by Gasteiger charge is -2.37. The summed E-state index contributed by atoms with van der Waals surface area (Å²) >= 11 is 0. The van der Waals surface area contributed by atoms with E-state index in [1.165, 1.54) is 0 Å². The first-order valence-corrected chi connectivity index (χ1v) is 12.1. The van der Waals surface area contributed by atoms with Crippen molar-refractivity contribution in [1.29, 1.82) is 0 Å². The average molecular weight is 499 g/mol. The lowest BCUT2D eigenvalue weighted by molar-refractivity contribution is -0.115. The summed E-state index contributed by atoms with van der Waals surface area (Å²) < 4.78 is 44.4. The highest BCUT2D eigenvalue weighted by Gasteiger charge is 2.47. The number of carbonyl (C=O) groups is 1. The molecular formula is C27H29F3N4O2. The van der Waals surface area contributed by atoms with E-state index >= 15 is 0 Å². The summed E-state index contributed by atoms with van der Waals surface area (Å²) in [6.07, 6.45) is -0.265. The lowest BCUT2D eigenvalue weighted by atomic mass is 9.97. The van der Waals surface area contributed by atoms with Gasteiger partial charge in [-0.15, -0.1) is 0 Å². The van der Waals surface area contributed by atoms with Crippen LogP contribution in [0.25, 0.3) is 10.9 Å². The van der Waals surface area contributed by atoms with Crippen molar-refractivity contribution >= 4 is 22.5 Å². The van der Waals surface area contributed by atoms with Crippen LogP contribution in [0.15, 0.2) is 48.7 Å².